The van der Waals surface area contributed by atoms with Crippen molar-refractivity contribution in [1.29, 1.82) is 0 Å². The molecule has 5 nitrogen and oxygen atoms in total. The van der Waals surface area contributed by atoms with Crippen molar-refractivity contribution in [3.05, 3.63) is 35.5 Å². The van der Waals surface area contributed by atoms with Crippen LogP contribution in [0.2, 0.25) is 0 Å². The summed E-state index contributed by atoms with van der Waals surface area (Å²) >= 11 is 1.67. The number of carbonyl (C=O) groups excluding carboxylic acids is 1. The van der Waals surface area contributed by atoms with E-state index >= 15 is 0 Å². The van der Waals surface area contributed by atoms with E-state index in [1.807, 2.05) is 30.5 Å². The fourth-order valence-electron chi connectivity index (χ4n) is 2.21. The minimum Gasteiger partial charge on any atom is -0.481 e. The minimum absolute atomic E-state index is 0.130. The van der Waals surface area contributed by atoms with Crippen molar-refractivity contribution >= 4 is 23.4 Å². The van der Waals surface area contributed by atoms with E-state index in [1.165, 1.54) is 0 Å². The van der Waals surface area contributed by atoms with E-state index in [0.29, 0.717) is 17.1 Å². The van der Waals surface area contributed by atoms with E-state index in [9.17, 15) is 4.79 Å². The van der Waals surface area contributed by atoms with Gasteiger partial charge in [0.2, 0.25) is 5.88 Å². The second-order valence-corrected chi connectivity index (χ2v) is 5.54. The highest BCUT2D eigenvalue weighted by Gasteiger charge is 2.24. The molecule has 0 aliphatic carbocycles. The van der Waals surface area contributed by atoms with Crippen LogP contribution in [-0.4, -0.2) is 36.1 Å². The molecule has 0 saturated heterocycles. The van der Waals surface area contributed by atoms with Crippen molar-refractivity contribution in [3.8, 4) is 5.88 Å². The van der Waals surface area contributed by atoms with Crippen LogP contribution in [0.15, 0.2) is 29.2 Å². The number of thioether (sulfide) groups is 1. The van der Waals surface area contributed by atoms with Crippen LogP contribution in [0, 0.1) is 6.92 Å². The van der Waals surface area contributed by atoms with Gasteiger partial charge in [-0.15, -0.1) is 11.8 Å². The zero-order valence-electron chi connectivity index (χ0n) is 12.9. The van der Waals surface area contributed by atoms with Crippen LogP contribution in [0.5, 0.6) is 5.88 Å². The zero-order chi connectivity index (χ0) is 15.6. The first-order valence-corrected chi connectivity index (χ1v) is 7.71. The number of ether oxygens (including phenoxy) is 1. The molecular weight excluding hydrogens is 286 g/mol. The molecule has 2 aromatic rings. The van der Waals surface area contributed by atoms with E-state index in [0.717, 1.165) is 10.6 Å². The summed E-state index contributed by atoms with van der Waals surface area (Å²) in [6.07, 6.45) is 2.02. The number of carbonyl (C=O) groups is 1. The summed E-state index contributed by atoms with van der Waals surface area (Å²) in [7, 11) is 5.05. The molecule has 1 amide bonds. The molecular formula is C15H19N3O2S. The summed E-state index contributed by atoms with van der Waals surface area (Å²) in [5.74, 6) is 0.347. The summed E-state index contributed by atoms with van der Waals surface area (Å²) in [5, 5.41) is 4.25. The summed E-state index contributed by atoms with van der Waals surface area (Å²) in [4.78, 5) is 15.5. The molecule has 1 heterocycles. The van der Waals surface area contributed by atoms with Crippen molar-refractivity contribution < 1.29 is 9.53 Å². The number of methoxy groups -OCH3 is 1. The molecule has 1 aromatic heterocycles. The zero-order valence-corrected chi connectivity index (χ0v) is 13.7. The van der Waals surface area contributed by atoms with Crippen LogP contribution in [0.4, 0.5) is 5.69 Å². The molecule has 6 heteroatoms. The molecule has 112 valence electrons. The molecule has 0 atom stereocenters. The fourth-order valence-corrected chi connectivity index (χ4v) is 2.62. The van der Waals surface area contributed by atoms with Crippen LogP contribution in [0.1, 0.15) is 16.1 Å². The number of hydrogen-bond acceptors (Lipinski definition) is 4. The Balaban J connectivity index is 2.34. The fraction of sp³-hybridized carbons (Fsp3) is 0.333. The number of benzene rings is 1. The molecule has 0 N–H and O–H groups in total. The highest BCUT2D eigenvalue weighted by atomic mass is 32.2. The van der Waals surface area contributed by atoms with Crippen LogP contribution in [0.25, 0.3) is 0 Å². The third-order valence-corrected chi connectivity index (χ3v) is 4.08. The van der Waals surface area contributed by atoms with Gasteiger partial charge in [-0.25, -0.2) is 4.68 Å². The molecule has 0 aliphatic heterocycles. The summed E-state index contributed by atoms with van der Waals surface area (Å²) in [6.45, 7) is 1.81. The Bertz CT molecular complexity index is 650. The highest BCUT2D eigenvalue weighted by molar-refractivity contribution is 7.98. The Kier molecular flexibility index (Phi) is 4.57. The molecule has 1 aromatic carbocycles. The maximum Gasteiger partial charge on any atom is 0.265 e. The topological polar surface area (TPSA) is 47.4 Å². The summed E-state index contributed by atoms with van der Waals surface area (Å²) in [6, 6.07) is 7.86. The Morgan fingerprint density at radius 3 is 2.48 bits per heavy atom. The third-order valence-electron chi connectivity index (χ3n) is 3.34. The molecule has 0 saturated carbocycles. The van der Waals surface area contributed by atoms with Gasteiger partial charge >= 0.3 is 0 Å². The summed E-state index contributed by atoms with van der Waals surface area (Å²) in [5.41, 5.74) is 1.99. The molecule has 0 spiro atoms. The second kappa shape index (κ2) is 6.22. The third kappa shape index (κ3) is 2.90. The number of nitrogens with zero attached hydrogens (tertiary/aromatic N) is 3. The molecule has 21 heavy (non-hydrogen) atoms. The predicted molar refractivity (Wildman–Crippen MR) is 85.5 cm³/mol. The van der Waals surface area contributed by atoms with Gasteiger partial charge in [-0.1, -0.05) is 0 Å². The van der Waals surface area contributed by atoms with Gasteiger partial charge in [-0.3, -0.25) is 4.79 Å². The number of hydrogen-bond donors (Lipinski definition) is 0. The maximum absolute atomic E-state index is 12.7. The Morgan fingerprint density at radius 1 is 1.33 bits per heavy atom. The van der Waals surface area contributed by atoms with Crippen molar-refractivity contribution in [2.24, 2.45) is 7.05 Å². The lowest BCUT2D eigenvalue weighted by Crippen LogP contribution is -2.27. The van der Waals surface area contributed by atoms with Gasteiger partial charge in [-0.05, 0) is 37.4 Å². The standard InChI is InChI=1S/C15H19N3O2S/c1-10-13(15(20-4)18(3)16-10)14(19)17(2)11-6-8-12(21-5)9-7-11/h6-9H,1-5H3. The van der Waals surface area contributed by atoms with Gasteiger partial charge in [0.25, 0.3) is 5.91 Å². The Labute approximate surface area is 128 Å². The first-order valence-electron chi connectivity index (χ1n) is 6.49. The van der Waals surface area contributed by atoms with Gasteiger partial charge in [0.1, 0.15) is 5.56 Å². The minimum atomic E-state index is -0.130. The summed E-state index contributed by atoms with van der Waals surface area (Å²) < 4.78 is 6.87. The number of aryl methyl sites for hydroxylation is 2. The van der Waals surface area contributed by atoms with Crippen molar-refractivity contribution in [2.75, 3.05) is 25.3 Å². The van der Waals surface area contributed by atoms with Crippen molar-refractivity contribution in [1.82, 2.24) is 9.78 Å². The molecule has 0 bridgehead atoms. The number of aromatic nitrogens is 2. The number of anilines is 1. The monoisotopic (exact) mass is 305 g/mol. The normalized spacial score (nSPS) is 10.5. The van der Waals surface area contributed by atoms with Gasteiger partial charge in [0.05, 0.1) is 12.8 Å². The predicted octanol–water partition coefficient (Wildman–Crippen LogP) is 2.74. The lowest BCUT2D eigenvalue weighted by molar-refractivity contribution is 0.0989. The van der Waals surface area contributed by atoms with E-state index < -0.39 is 0 Å². The highest BCUT2D eigenvalue weighted by Crippen LogP contribution is 2.26. The quantitative estimate of drug-likeness (QED) is 0.815. The molecule has 0 radical (unpaired) electrons. The molecule has 0 aliphatic rings. The van der Waals surface area contributed by atoms with Crippen LogP contribution >= 0.6 is 11.8 Å². The largest absolute Gasteiger partial charge is 0.481 e. The average molecular weight is 305 g/mol. The number of rotatable bonds is 4. The van der Waals surface area contributed by atoms with E-state index in [1.54, 1.807) is 49.5 Å². The van der Waals surface area contributed by atoms with Gasteiger partial charge in [0.15, 0.2) is 0 Å². The van der Waals surface area contributed by atoms with Gasteiger partial charge in [0, 0.05) is 24.7 Å². The Hall–Kier alpha value is -1.95. The lowest BCUT2D eigenvalue weighted by atomic mass is 10.2. The van der Waals surface area contributed by atoms with Crippen molar-refractivity contribution in [3.63, 3.8) is 0 Å². The number of amides is 1. The van der Waals surface area contributed by atoms with Gasteiger partial charge < -0.3 is 9.64 Å². The second-order valence-electron chi connectivity index (χ2n) is 4.66. The van der Waals surface area contributed by atoms with Crippen molar-refractivity contribution in [2.45, 2.75) is 11.8 Å². The SMILES string of the molecule is COc1c(C(=O)N(C)c2ccc(SC)cc2)c(C)nn1C. The first-order chi connectivity index (χ1) is 9.99. The smallest absolute Gasteiger partial charge is 0.265 e. The molecule has 2 rings (SSSR count). The Morgan fingerprint density at radius 2 is 1.95 bits per heavy atom. The lowest BCUT2D eigenvalue weighted by Gasteiger charge is -2.18. The van der Waals surface area contributed by atoms with Crippen LogP contribution in [0.3, 0.4) is 0 Å². The first kappa shape index (κ1) is 15.4. The van der Waals surface area contributed by atoms with E-state index in [-0.39, 0.29) is 5.91 Å². The maximum atomic E-state index is 12.7. The van der Waals surface area contributed by atoms with Crippen LogP contribution in [-0.2, 0) is 7.05 Å². The van der Waals surface area contributed by atoms with E-state index in [2.05, 4.69) is 5.10 Å². The average Bonchev–Trinajstić information content (AvgIpc) is 2.79. The van der Waals surface area contributed by atoms with E-state index in [4.69, 9.17) is 4.74 Å². The van der Waals surface area contributed by atoms with Gasteiger partial charge in [-0.2, -0.15) is 5.10 Å². The molecule has 0 fully saturated rings. The molecule has 0 unspecified atom stereocenters. The van der Waals surface area contributed by atoms with Crippen LogP contribution < -0.4 is 9.64 Å².